The molecule has 28 heavy (non-hydrogen) atoms. The minimum atomic E-state index is 0.586. The van der Waals surface area contributed by atoms with Crippen molar-refractivity contribution in [2.24, 2.45) is 0 Å². The first-order chi connectivity index (χ1) is 13.8. The molecule has 0 fully saturated rings. The van der Waals surface area contributed by atoms with Crippen LogP contribution in [0.4, 0.5) is 0 Å². The summed E-state index contributed by atoms with van der Waals surface area (Å²) in [5.74, 6) is 2.94. The van der Waals surface area contributed by atoms with E-state index >= 15 is 0 Å². The van der Waals surface area contributed by atoms with Crippen molar-refractivity contribution in [2.45, 2.75) is 37.2 Å². The quantitative estimate of drug-likeness (QED) is 0.535. The van der Waals surface area contributed by atoms with Gasteiger partial charge in [0, 0.05) is 36.7 Å². The van der Waals surface area contributed by atoms with Crippen LogP contribution in [0.3, 0.4) is 0 Å². The average Bonchev–Trinajstić information content (AvgIpc) is 2.95. The van der Waals surface area contributed by atoms with E-state index in [0.717, 1.165) is 41.5 Å². The van der Waals surface area contributed by atoms with E-state index in [4.69, 9.17) is 21.1 Å². The average molecular weight is 417 g/mol. The Bertz CT molecular complexity index is 949. The summed E-state index contributed by atoms with van der Waals surface area (Å²) in [5, 5.41) is 10.3. The summed E-state index contributed by atoms with van der Waals surface area (Å²) in [6.45, 7) is 4.27. The number of halogens is 1. The third kappa shape index (κ3) is 4.10. The van der Waals surface area contributed by atoms with E-state index in [1.54, 1.807) is 24.2 Å². The lowest BCUT2D eigenvalue weighted by Crippen LogP contribution is -2.02. The van der Waals surface area contributed by atoms with Crippen molar-refractivity contribution in [3.63, 3.8) is 0 Å². The standard InChI is InChI=1S/C20H21ClN4O2S/c1-2-8-25-19(15-4-6-22-7-5-15)23-24-20(25)28-13-14-11-16(21)18-17(12-14)26-9-3-10-27-18/h4-7,11-12H,2-3,8-10,13H2,1H3. The Hall–Kier alpha value is -2.25. The molecule has 3 aromatic rings. The lowest BCUT2D eigenvalue weighted by Gasteiger charge is -2.12. The molecule has 1 aromatic carbocycles. The first kappa shape index (κ1) is 19.1. The molecular weight excluding hydrogens is 396 g/mol. The van der Waals surface area contributed by atoms with Crippen molar-refractivity contribution in [1.82, 2.24) is 19.7 Å². The highest BCUT2D eigenvalue weighted by Gasteiger charge is 2.17. The minimum absolute atomic E-state index is 0.586. The number of nitrogens with zero attached hydrogens (tertiary/aromatic N) is 4. The van der Waals surface area contributed by atoms with Crippen molar-refractivity contribution >= 4 is 23.4 Å². The fourth-order valence-corrected chi connectivity index (χ4v) is 4.23. The second-order valence-corrected chi connectivity index (χ2v) is 7.79. The van der Waals surface area contributed by atoms with Crippen LogP contribution in [0.1, 0.15) is 25.3 Å². The lowest BCUT2D eigenvalue weighted by atomic mass is 10.2. The zero-order valence-corrected chi connectivity index (χ0v) is 17.2. The second kappa shape index (κ2) is 8.84. The van der Waals surface area contributed by atoms with E-state index < -0.39 is 0 Å². The Morgan fingerprint density at radius 1 is 1.14 bits per heavy atom. The maximum atomic E-state index is 6.41. The number of fused-ring (bicyclic) bond motifs is 1. The maximum Gasteiger partial charge on any atom is 0.191 e. The smallest absolute Gasteiger partial charge is 0.191 e. The monoisotopic (exact) mass is 416 g/mol. The SMILES string of the molecule is CCCn1c(SCc2cc(Cl)c3c(c2)OCCCO3)nnc1-c1ccncc1. The normalized spacial score (nSPS) is 13.4. The third-order valence-electron chi connectivity index (χ3n) is 4.33. The van der Waals surface area contributed by atoms with Crippen LogP contribution < -0.4 is 9.47 Å². The highest BCUT2D eigenvalue weighted by molar-refractivity contribution is 7.98. The van der Waals surface area contributed by atoms with Crippen LogP contribution in [0.15, 0.2) is 41.8 Å². The van der Waals surface area contributed by atoms with Gasteiger partial charge in [0.15, 0.2) is 22.5 Å². The number of ether oxygens (including phenoxy) is 2. The van der Waals surface area contributed by atoms with Gasteiger partial charge < -0.3 is 14.0 Å². The van der Waals surface area contributed by atoms with Crippen LogP contribution in [-0.4, -0.2) is 33.0 Å². The lowest BCUT2D eigenvalue weighted by molar-refractivity contribution is 0.297. The minimum Gasteiger partial charge on any atom is -0.489 e. The van der Waals surface area contributed by atoms with Gasteiger partial charge in [-0.05, 0) is 36.2 Å². The Balaban J connectivity index is 1.56. The van der Waals surface area contributed by atoms with Gasteiger partial charge in [-0.2, -0.15) is 0 Å². The largest absolute Gasteiger partial charge is 0.489 e. The van der Waals surface area contributed by atoms with Gasteiger partial charge in [-0.15, -0.1) is 10.2 Å². The number of hydrogen-bond donors (Lipinski definition) is 0. The molecule has 4 rings (SSSR count). The van der Waals surface area contributed by atoms with E-state index in [2.05, 4.69) is 26.7 Å². The number of rotatable bonds is 6. The van der Waals surface area contributed by atoms with E-state index in [0.29, 0.717) is 35.5 Å². The van der Waals surface area contributed by atoms with Gasteiger partial charge in [-0.3, -0.25) is 4.98 Å². The molecule has 1 aliphatic rings. The molecule has 146 valence electrons. The number of aromatic nitrogens is 4. The fourth-order valence-electron chi connectivity index (χ4n) is 3.05. The van der Waals surface area contributed by atoms with Gasteiger partial charge in [-0.25, -0.2) is 0 Å². The van der Waals surface area contributed by atoms with Crippen LogP contribution in [0.2, 0.25) is 5.02 Å². The van der Waals surface area contributed by atoms with Crippen LogP contribution in [-0.2, 0) is 12.3 Å². The molecule has 0 radical (unpaired) electrons. The molecule has 0 unspecified atom stereocenters. The van der Waals surface area contributed by atoms with Crippen LogP contribution in [0.25, 0.3) is 11.4 Å². The molecule has 0 aliphatic carbocycles. The predicted molar refractivity (Wildman–Crippen MR) is 110 cm³/mol. The number of benzene rings is 1. The third-order valence-corrected chi connectivity index (χ3v) is 5.65. The van der Waals surface area contributed by atoms with Crippen molar-refractivity contribution in [2.75, 3.05) is 13.2 Å². The molecule has 0 amide bonds. The molecule has 6 nitrogen and oxygen atoms in total. The highest BCUT2D eigenvalue weighted by atomic mass is 35.5. The van der Waals surface area contributed by atoms with Crippen molar-refractivity contribution in [3.8, 4) is 22.9 Å². The molecule has 3 heterocycles. The number of pyridine rings is 1. The summed E-state index contributed by atoms with van der Waals surface area (Å²) < 4.78 is 13.7. The number of thioether (sulfide) groups is 1. The zero-order valence-electron chi connectivity index (χ0n) is 15.6. The van der Waals surface area contributed by atoms with E-state index in [1.807, 2.05) is 24.3 Å². The maximum absolute atomic E-state index is 6.41. The summed E-state index contributed by atoms with van der Waals surface area (Å²) in [6.07, 6.45) is 5.40. The van der Waals surface area contributed by atoms with E-state index in [1.165, 1.54) is 0 Å². The van der Waals surface area contributed by atoms with Crippen molar-refractivity contribution in [3.05, 3.63) is 47.2 Å². The first-order valence-corrected chi connectivity index (χ1v) is 10.7. The Morgan fingerprint density at radius 2 is 1.96 bits per heavy atom. The molecule has 0 N–H and O–H groups in total. The zero-order chi connectivity index (χ0) is 19.3. The number of hydrogen-bond acceptors (Lipinski definition) is 6. The molecule has 0 atom stereocenters. The summed E-state index contributed by atoms with van der Waals surface area (Å²) in [4.78, 5) is 4.08. The second-order valence-electron chi connectivity index (χ2n) is 6.44. The molecule has 0 saturated heterocycles. The van der Waals surface area contributed by atoms with Crippen molar-refractivity contribution in [1.29, 1.82) is 0 Å². The first-order valence-electron chi connectivity index (χ1n) is 9.30. The molecular formula is C20H21ClN4O2S. The Labute approximate surface area is 173 Å². The van der Waals surface area contributed by atoms with Gasteiger partial charge in [-0.1, -0.05) is 30.3 Å². The van der Waals surface area contributed by atoms with Crippen LogP contribution in [0.5, 0.6) is 11.5 Å². The Kier molecular flexibility index (Phi) is 6.02. The topological polar surface area (TPSA) is 62.1 Å². The molecule has 8 heteroatoms. The molecule has 0 saturated carbocycles. The summed E-state index contributed by atoms with van der Waals surface area (Å²) in [7, 11) is 0. The van der Waals surface area contributed by atoms with Gasteiger partial charge in [0.2, 0.25) is 0 Å². The van der Waals surface area contributed by atoms with Gasteiger partial charge >= 0.3 is 0 Å². The molecule has 1 aliphatic heterocycles. The summed E-state index contributed by atoms with van der Waals surface area (Å²) in [6, 6.07) is 7.85. The summed E-state index contributed by atoms with van der Waals surface area (Å²) >= 11 is 8.05. The van der Waals surface area contributed by atoms with E-state index in [9.17, 15) is 0 Å². The molecule has 2 aromatic heterocycles. The van der Waals surface area contributed by atoms with Gasteiger partial charge in [0.1, 0.15) is 0 Å². The Morgan fingerprint density at radius 3 is 2.79 bits per heavy atom. The van der Waals surface area contributed by atoms with E-state index in [-0.39, 0.29) is 0 Å². The molecule has 0 bridgehead atoms. The predicted octanol–water partition coefficient (Wildman–Crippen LogP) is 4.86. The highest BCUT2D eigenvalue weighted by Crippen LogP contribution is 2.39. The van der Waals surface area contributed by atoms with Crippen LogP contribution in [0, 0.1) is 0 Å². The van der Waals surface area contributed by atoms with Gasteiger partial charge in [0.05, 0.1) is 18.2 Å². The summed E-state index contributed by atoms with van der Waals surface area (Å²) in [5.41, 5.74) is 2.08. The van der Waals surface area contributed by atoms with Crippen molar-refractivity contribution < 1.29 is 9.47 Å². The fraction of sp³-hybridized carbons (Fsp3) is 0.350. The van der Waals surface area contributed by atoms with Gasteiger partial charge in [0.25, 0.3) is 0 Å². The van der Waals surface area contributed by atoms with Crippen LogP contribution >= 0.6 is 23.4 Å². The molecule has 0 spiro atoms.